The Morgan fingerprint density at radius 3 is 2.50 bits per heavy atom. The van der Waals surface area contributed by atoms with Gasteiger partial charge in [-0.3, -0.25) is 9.98 Å². The van der Waals surface area contributed by atoms with Crippen LogP contribution in [0.2, 0.25) is 0 Å². The molecule has 0 atom stereocenters. The lowest BCUT2D eigenvalue weighted by atomic mass is 10.2. The number of hydrogen-bond acceptors (Lipinski definition) is 1. The molecule has 2 radical (unpaired) electrons. The van der Waals surface area contributed by atoms with Crippen molar-refractivity contribution < 1.29 is 0 Å². The third kappa shape index (κ3) is 5.07. The summed E-state index contributed by atoms with van der Waals surface area (Å²) < 4.78 is 0. The minimum Gasteiger partial charge on any atom is -0.277 e. The summed E-state index contributed by atoms with van der Waals surface area (Å²) >= 11 is 0. The zero-order chi connectivity index (χ0) is 6.24. The van der Waals surface area contributed by atoms with Crippen molar-refractivity contribution >= 4 is 26.6 Å². The van der Waals surface area contributed by atoms with Crippen LogP contribution in [0.15, 0.2) is 15.0 Å². The van der Waals surface area contributed by atoms with Crippen LogP contribution < -0.4 is 0 Å². The van der Waals surface area contributed by atoms with Crippen LogP contribution in [0.4, 0.5) is 0 Å². The first kappa shape index (κ1) is 7.07. The van der Waals surface area contributed by atoms with Crippen LogP contribution in [-0.2, 0) is 0 Å². The molecule has 0 unspecified atom stereocenters. The summed E-state index contributed by atoms with van der Waals surface area (Å²) in [6.45, 7) is 0. The van der Waals surface area contributed by atoms with E-state index in [0.29, 0.717) is 0 Å². The fourth-order valence-electron chi connectivity index (χ4n) is 0.173. The molecule has 0 amide bonds. The Hall–Kier alpha value is -0.925. The smallest absolute Gasteiger partial charge is 0.130 e. The zero-order valence-corrected chi connectivity index (χ0v) is 4.65. The van der Waals surface area contributed by atoms with Gasteiger partial charge in [0.25, 0.3) is 0 Å². The van der Waals surface area contributed by atoms with E-state index in [2.05, 4.69) is 15.0 Å². The van der Waals surface area contributed by atoms with E-state index in [1.54, 1.807) is 7.05 Å². The predicted molar refractivity (Wildman–Crippen MR) is 37.2 cm³/mol. The maximum atomic E-state index is 4.88. The van der Waals surface area contributed by atoms with Gasteiger partial charge >= 0.3 is 0 Å². The molecule has 0 aromatic rings. The van der Waals surface area contributed by atoms with Crippen LogP contribution in [0, 0.1) is 0 Å². The van der Waals surface area contributed by atoms with Gasteiger partial charge in [-0.15, -0.1) is 0 Å². The molecule has 0 aliphatic rings. The number of nitrogens with zero attached hydrogens (tertiary/aromatic N) is 3. The number of hydrogen-bond donors (Lipinski definition) is 0. The van der Waals surface area contributed by atoms with Gasteiger partial charge in [-0.05, 0) is 6.11 Å². The molecule has 8 heavy (non-hydrogen) atoms. The van der Waals surface area contributed by atoms with Crippen LogP contribution in [-0.4, -0.2) is 33.7 Å². The van der Waals surface area contributed by atoms with Crippen molar-refractivity contribution in [2.45, 2.75) is 0 Å². The van der Waals surface area contributed by atoms with Crippen molar-refractivity contribution in [2.75, 3.05) is 7.05 Å². The van der Waals surface area contributed by atoms with Crippen molar-refractivity contribution in [1.29, 1.82) is 0 Å². The Morgan fingerprint density at radius 1 is 1.25 bits per heavy atom. The normalized spacial score (nSPS) is 12.6. The maximum Gasteiger partial charge on any atom is 0.130 e. The molecule has 0 aromatic carbocycles. The largest absolute Gasteiger partial charge is 0.277 e. The van der Waals surface area contributed by atoms with Crippen molar-refractivity contribution in [2.24, 2.45) is 15.0 Å². The highest BCUT2D eigenvalue weighted by atomic mass is 14.9. The van der Waals surface area contributed by atoms with Gasteiger partial charge < -0.3 is 0 Å². The SMILES string of the molecule is [B]C=NC=NC=NC. The highest BCUT2D eigenvalue weighted by Gasteiger charge is 1.55. The molecule has 3 nitrogen and oxygen atoms in total. The first-order valence-corrected chi connectivity index (χ1v) is 2.07. The molecule has 0 heterocycles. The Balaban J connectivity index is 3.35. The molecule has 0 aliphatic heterocycles. The Bertz CT molecular complexity index is 102. The monoisotopic (exact) mass is 107 g/mol. The summed E-state index contributed by atoms with van der Waals surface area (Å²) in [6.07, 6.45) is 3.85. The molecule has 0 spiro atoms. The zero-order valence-electron chi connectivity index (χ0n) is 4.65. The van der Waals surface area contributed by atoms with E-state index in [0.717, 1.165) is 6.11 Å². The second-order valence-electron chi connectivity index (χ2n) is 0.936. The number of aliphatic imine (C=N–C) groups is 3. The van der Waals surface area contributed by atoms with Crippen molar-refractivity contribution in [3.63, 3.8) is 0 Å². The van der Waals surface area contributed by atoms with E-state index in [-0.39, 0.29) is 0 Å². The first-order chi connectivity index (χ1) is 3.91. The molecule has 0 fully saturated rings. The van der Waals surface area contributed by atoms with E-state index < -0.39 is 0 Å². The number of rotatable bonds is 2. The summed E-state index contributed by atoms with van der Waals surface area (Å²) in [5, 5.41) is 0. The topological polar surface area (TPSA) is 37.1 Å². The van der Waals surface area contributed by atoms with Crippen molar-refractivity contribution in [1.82, 2.24) is 0 Å². The van der Waals surface area contributed by atoms with Crippen LogP contribution in [0.3, 0.4) is 0 Å². The second kappa shape index (κ2) is 6.07. The minimum atomic E-state index is 1.16. The Kier molecular flexibility index (Phi) is 5.37. The standard InChI is InChI=1S/C4H6BN3/c1-6-3-8-4-7-2-5/h2-4H,1H3. The lowest BCUT2D eigenvalue weighted by Crippen LogP contribution is -1.70. The highest BCUT2D eigenvalue weighted by molar-refractivity contribution is 6.50. The van der Waals surface area contributed by atoms with Crippen LogP contribution in [0.25, 0.3) is 0 Å². The van der Waals surface area contributed by atoms with Crippen LogP contribution in [0.1, 0.15) is 0 Å². The third-order valence-electron chi connectivity index (χ3n) is 0.402. The molecule has 0 bridgehead atoms. The van der Waals surface area contributed by atoms with Gasteiger partial charge in [0, 0.05) is 7.05 Å². The molecule has 4 heteroatoms. The quantitative estimate of drug-likeness (QED) is 0.268. The third-order valence-corrected chi connectivity index (χ3v) is 0.402. The first-order valence-electron chi connectivity index (χ1n) is 2.07. The Labute approximate surface area is 49.7 Å². The van der Waals surface area contributed by atoms with E-state index in [9.17, 15) is 0 Å². The minimum absolute atomic E-state index is 1.16. The molecule has 0 aliphatic carbocycles. The molecular formula is C4H6BN3. The van der Waals surface area contributed by atoms with Crippen molar-refractivity contribution in [3.8, 4) is 0 Å². The predicted octanol–water partition coefficient (Wildman–Crippen LogP) is -0.130. The van der Waals surface area contributed by atoms with Gasteiger partial charge in [0.05, 0.1) is 0 Å². The van der Waals surface area contributed by atoms with Gasteiger partial charge in [0.15, 0.2) is 0 Å². The fraction of sp³-hybridized carbons (Fsp3) is 0.250. The lowest BCUT2D eigenvalue weighted by molar-refractivity contribution is 1.44. The van der Waals surface area contributed by atoms with E-state index in [1.165, 1.54) is 12.7 Å². The molecular weight excluding hydrogens is 101 g/mol. The van der Waals surface area contributed by atoms with E-state index >= 15 is 0 Å². The van der Waals surface area contributed by atoms with Crippen LogP contribution in [0.5, 0.6) is 0 Å². The summed E-state index contributed by atoms with van der Waals surface area (Å²) in [5.41, 5.74) is 0. The maximum absolute atomic E-state index is 4.88. The van der Waals surface area contributed by atoms with Gasteiger partial charge in [0.1, 0.15) is 20.5 Å². The highest BCUT2D eigenvalue weighted by Crippen LogP contribution is 1.57. The molecule has 0 saturated heterocycles. The van der Waals surface area contributed by atoms with Gasteiger partial charge in [-0.2, -0.15) is 0 Å². The molecule has 0 saturated carbocycles. The molecule has 40 valence electrons. The summed E-state index contributed by atoms with van der Waals surface area (Å²) in [4.78, 5) is 10.6. The van der Waals surface area contributed by atoms with E-state index in [1.807, 2.05) is 0 Å². The lowest BCUT2D eigenvalue weighted by Gasteiger charge is -1.69. The summed E-state index contributed by atoms with van der Waals surface area (Å²) in [5.74, 6) is 0. The average molecular weight is 107 g/mol. The van der Waals surface area contributed by atoms with Crippen LogP contribution >= 0.6 is 0 Å². The van der Waals surface area contributed by atoms with Gasteiger partial charge in [-0.25, -0.2) is 4.99 Å². The molecule has 0 aromatic heterocycles. The second-order valence-corrected chi connectivity index (χ2v) is 0.936. The van der Waals surface area contributed by atoms with E-state index in [4.69, 9.17) is 7.85 Å². The average Bonchev–Trinajstić information content (AvgIpc) is 1.81. The van der Waals surface area contributed by atoms with Crippen molar-refractivity contribution in [3.05, 3.63) is 0 Å². The summed E-state index contributed by atoms with van der Waals surface area (Å²) in [7, 11) is 6.51. The van der Waals surface area contributed by atoms with Gasteiger partial charge in [-0.1, -0.05) is 0 Å². The Morgan fingerprint density at radius 2 is 2.00 bits per heavy atom. The van der Waals surface area contributed by atoms with Gasteiger partial charge in [0.2, 0.25) is 0 Å². The molecule has 0 N–H and O–H groups in total. The fourth-order valence-corrected chi connectivity index (χ4v) is 0.173. The molecule has 0 rings (SSSR count). The summed E-state index contributed by atoms with van der Waals surface area (Å²) in [6, 6.07) is 0.